The lowest BCUT2D eigenvalue weighted by molar-refractivity contribution is -0.136. The minimum Gasteiger partial charge on any atom is -0.481 e. The van der Waals surface area contributed by atoms with Crippen LogP contribution >= 0.6 is 11.6 Å². The van der Waals surface area contributed by atoms with E-state index in [0.29, 0.717) is 17.1 Å². The van der Waals surface area contributed by atoms with E-state index in [1.54, 1.807) is 16.9 Å². The van der Waals surface area contributed by atoms with Gasteiger partial charge in [0.05, 0.1) is 24.0 Å². The van der Waals surface area contributed by atoms with Gasteiger partial charge in [-0.25, -0.2) is 4.68 Å². The average molecular weight is 266 g/mol. The van der Waals surface area contributed by atoms with E-state index < -0.39 is 5.97 Å². The second-order valence-corrected chi connectivity index (χ2v) is 4.39. The van der Waals surface area contributed by atoms with Crippen molar-refractivity contribution in [3.05, 3.63) is 40.7 Å². The standard InChI is InChI=1S/C12H12ClN3O2/c1-8-2-4-10(6-11(8)13)16-7-9(14-15-16)3-5-12(17)18/h2,4,6-7H,3,5H2,1H3,(H,17,18). The molecule has 0 saturated heterocycles. The van der Waals surface area contributed by atoms with Gasteiger partial charge in [0, 0.05) is 11.4 Å². The second-order valence-electron chi connectivity index (χ2n) is 3.98. The highest BCUT2D eigenvalue weighted by Crippen LogP contribution is 2.19. The number of aliphatic carboxylic acids is 1. The van der Waals surface area contributed by atoms with Gasteiger partial charge in [-0.15, -0.1) is 5.10 Å². The van der Waals surface area contributed by atoms with Gasteiger partial charge >= 0.3 is 5.97 Å². The van der Waals surface area contributed by atoms with Gasteiger partial charge in [-0.2, -0.15) is 0 Å². The first-order chi connectivity index (χ1) is 8.56. The molecule has 1 aromatic heterocycles. The molecule has 2 aromatic rings. The Balaban J connectivity index is 2.18. The zero-order chi connectivity index (χ0) is 13.1. The minimum atomic E-state index is -0.845. The van der Waals surface area contributed by atoms with E-state index in [1.165, 1.54) is 0 Å². The third-order valence-corrected chi connectivity index (χ3v) is 2.96. The number of aromatic nitrogens is 3. The molecule has 2 rings (SSSR count). The second kappa shape index (κ2) is 5.18. The molecule has 0 bridgehead atoms. The van der Waals surface area contributed by atoms with Gasteiger partial charge in [0.25, 0.3) is 0 Å². The van der Waals surface area contributed by atoms with Crippen molar-refractivity contribution in [2.24, 2.45) is 0 Å². The van der Waals surface area contributed by atoms with Crippen LogP contribution in [0.15, 0.2) is 24.4 Å². The fourth-order valence-electron chi connectivity index (χ4n) is 1.50. The first-order valence-corrected chi connectivity index (χ1v) is 5.83. The molecular formula is C12H12ClN3O2. The quantitative estimate of drug-likeness (QED) is 0.921. The number of carboxylic acid groups (broad SMARTS) is 1. The Morgan fingerprint density at radius 2 is 2.28 bits per heavy atom. The minimum absolute atomic E-state index is 0.0490. The molecule has 0 unspecified atom stereocenters. The molecule has 0 spiro atoms. The van der Waals surface area contributed by atoms with Gasteiger partial charge in [-0.1, -0.05) is 22.9 Å². The summed E-state index contributed by atoms with van der Waals surface area (Å²) in [6.45, 7) is 1.92. The van der Waals surface area contributed by atoms with E-state index in [0.717, 1.165) is 11.3 Å². The first kappa shape index (κ1) is 12.6. The number of rotatable bonds is 4. The lowest BCUT2D eigenvalue weighted by Crippen LogP contribution is -1.97. The fraction of sp³-hybridized carbons (Fsp3) is 0.250. The van der Waals surface area contributed by atoms with Crippen LogP contribution in [0.1, 0.15) is 17.7 Å². The van der Waals surface area contributed by atoms with E-state index in [2.05, 4.69) is 10.3 Å². The number of benzene rings is 1. The van der Waals surface area contributed by atoms with E-state index in [1.807, 2.05) is 19.1 Å². The van der Waals surface area contributed by atoms with Crippen molar-refractivity contribution in [1.82, 2.24) is 15.0 Å². The van der Waals surface area contributed by atoms with E-state index >= 15 is 0 Å². The molecule has 6 heteroatoms. The molecule has 94 valence electrons. The van der Waals surface area contributed by atoms with Crippen LogP contribution in [0, 0.1) is 6.92 Å². The average Bonchev–Trinajstić information content (AvgIpc) is 2.79. The van der Waals surface area contributed by atoms with Crippen LogP contribution in [0.3, 0.4) is 0 Å². The summed E-state index contributed by atoms with van der Waals surface area (Å²) in [7, 11) is 0. The summed E-state index contributed by atoms with van der Waals surface area (Å²) >= 11 is 6.03. The highest BCUT2D eigenvalue weighted by molar-refractivity contribution is 6.31. The molecule has 1 heterocycles. The van der Waals surface area contributed by atoms with Gasteiger partial charge in [-0.05, 0) is 24.6 Å². The van der Waals surface area contributed by atoms with E-state index in [9.17, 15) is 4.79 Å². The van der Waals surface area contributed by atoms with Crippen LogP contribution in [0.5, 0.6) is 0 Å². The van der Waals surface area contributed by atoms with Crippen molar-refractivity contribution < 1.29 is 9.90 Å². The van der Waals surface area contributed by atoms with Crippen molar-refractivity contribution >= 4 is 17.6 Å². The van der Waals surface area contributed by atoms with Gasteiger partial charge in [0.2, 0.25) is 0 Å². The molecule has 1 aromatic carbocycles. The molecule has 5 nitrogen and oxygen atoms in total. The van der Waals surface area contributed by atoms with Crippen molar-refractivity contribution in [1.29, 1.82) is 0 Å². The maximum Gasteiger partial charge on any atom is 0.303 e. The molecule has 18 heavy (non-hydrogen) atoms. The summed E-state index contributed by atoms with van der Waals surface area (Å²) in [4.78, 5) is 10.5. The fourth-order valence-corrected chi connectivity index (χ4v) is 1.67. The van der Waals surface area contributed by atoms with Gasteiger partial charge in [0.15, 0.2) is 0 Å². The first-order valence-electron chi connectivity index (χ1n) is 5.46. The number of hydrogen-bond donors (Lipinski definition) is 1. The van der Waals surface area contributed by atoms with Crippen molar-refractivity contribution in [3.8, 4) is 5.69 Å². The summed E-state index contributed by atoms with van der Waals surface area (Å²) < 4.78 is 1.59. The maximum atomic E-state index is 10.5. The van der Waals surface area contributed by atoms with Crippen LogP contribution in [-0.4, -0.2) is 26.1 Å². The summed E-state index contributed by atoms with van der Waals surface area (Å²) in [6, 6.07) is 5.58. The number of carboxylic acids is 1. The van der Waals surface area contributed by atoms with Gasteiger partial charge in [0.1, 0.15) is 0 Å². The lowest BCUT2D eigenvalue weighted by atomic mass is 10.2. The highest BCUT2D eigenvalue weighted by Gasteiger charge is 2.06. The largest absolute Gasteiger partial charge is 0.481 e. The number of halogens is 1. The van der Waals surface area contributed by atoms with Crippen molar-refractivity contribution in [3.63, 3.8) is 0 Å². The smallest absolute Gasteiger partial charge is 0.303 e. The number of hydrogen-bond acceptors (Lipinski definition) is 3. The predicted octanol–water partition coefficient (Wildman–Crippen LogP) is 2.25. The Morgan fingerprint density at radius 1 is 1.50 bits per heavy atom. The van der Waals surface area contributed by atoms with Crippen LogP contribution in [0.25, 0.3) is 5.69 Å². The Bertz CT molecular complexity index is 580. The van der Waals surface area contributed by atoms with Gasteiger partial charge in [-0.3, -0.25) is 4.79 Å². The molecular weight excluding hydrogens is 254 g/mol. The van der Waals surface area contributed by atoms with Crippen molar-refractivity contribution in [2.45, 2.75) is 19.8 Å². The van der Waals surface area contributed by atoms with Crippen LogP contribution in [-0.2, 0) is 11.2 Å². The lowest BCUT2D eigenvalue weighted by Gasteiger charge is -2.02. The molecule has 0 aliphatic carbocycles. The zero-order valence-electron chi connectivity index (χ0n) is 9.80. The Morgan fingerprint density at radius 3 is 2.94 bits per heavy atom. The van der Waals surface area contributed by atoms with E-state index in [-0.39, 0.29) is 6.42 Å². The normalized spacial score (nSPS) is 10.6. The Labute approximate surface area is 109 Å². The number of carbonyl (C=O) groups is 1. The number of nitrogens with zero attached hydrogens (tertiary/aromatic N) is 3. The molecule has 0 aliphatic rings. The summed E-state index contributed by atoms with van der Waals surface area (Å²) in [5.74, 6) is -0.845. The van der Waals surface area contributed by atoms with Gasteiger partial charge < -0.3 is 5.11 Å². The summed E-state index contributed by atoms with van der Waals surface area (Å²) in [5, 5.41) is 17.1. The summed E-state index contributed by atoms with van der Waals surface area (Å²) in [5.41, 5.74) is 2.44. The molecule has 0 atom stereocenters. The maximum absolute atomic E-state index is 10.5. The topological polar surface area (TPSA) is 68.0 Å². The number of aryl methyl sites for hydroxylation is 2. The Kier molecular flexibility index (Phi) is 3.62. The molecule has 1 N–H and O–H groups in total. The molecule has 0 amide bonds. The highest BCUT2D eigenvalue weighted by atomic mass is 35.5. The van der Waals surface area contributed by atoms with Crippen LogP contribution in [0.4, 0.5) is 0 Å². The third kappa shape index (κ3) is 2.87. The summed E-state index contributed by atoms with van der Waals surface area (Å²) in [6.07, 6.45) is 2.13. The third-order valence-electron chi connectivity index (χ3n) is 2.56. The molecule has 0 fully saturated rings. The van der Waals surface area contributed by atoms with Crippen LogP contribution < -0.4 is 0 Å². The monoisotopic (exact) mass is 265 g/mol. The van der Waals surface area contributed by atoms with Crippen LogP contribution in [0.2, 0.25) is 5.02 Å². The SMILES string of the molecule is Cc1ccc(-n2cc(CCC(=O)O)nn2)cc1Cl. The molecule has 0 saturated carbocycles. The van der Waals surface area contributed by atoms with Crippen molar-refractivity contribution in [2.75, 3.05) is 0 Å². The zero-order valence-corrected chi connectivity index (χ0v) is 10.6. The predicted molar refractivity (Wildman–Crippen MR) is 67.1 cm³/mol. The molecule has 0 aliphatic heterocycles. The molecule has 0 radical (unpaired) electrons. The van der Waals surface area contributed by atoms with E-state index in [4.69, 9.17) is 16.7 Å². The Hall–Kier alpha value is -1.88.